The molecule has 166 valence electrons. The number of rotatable bonds is 5. The number of aromatic nitrogens is 1. The Kier molecular flexibility index (Phi) is 6.55. The summed E-state index contributed by atoms with van der Waals surface area (Å²) in [6.45, 7) is 0.289. The predicted octanol–water partition coefficient (Wildman–Crippen LogP) is 2.95. The van der Waals surface area contributed by atoms with Gasteiger partial charge in [-0.2, -0.15) is 4.31 Å². The van der Waals surface area contributed by atoms with E-state index in [9.17, 15) is 18.3 Å². The van der Waals surface area contributed by atoms with Gasteiger partial charge in [-0.3, -0.25) is 9.78 Å². The van der Waals surface area contributed by atoms with E-state index < -0.39 is 28.0 Å². The molecule has 4 rings (SSSR count). The van der Waals surface area contributed by atoms with Crippen LogP contribution in [-0.2, 0) is 21.4 Å². The fourth-order valence-electron chi connectivity index (χ4n) is 4.54. The van der Waals surface area contributed by atoms with Gasteiger partial charge in [-0.25, -0.2) is 8.42 Å². The lowest BCUT2D eigenvalue weighted by atomic mass is 9.91. The highest BCUT2D eigenvalue weighted by atomic mass is 35.5. The SMILES string of the molecule is O=C1[C@@H]2CCC[C@H]([C@H](CO)CN1Cc1ccccn1)N2S(=O)(=O)c1cc(Cl)cc(Cl)c1. The predicted molar refractivity (Wildman–Crippen MR) is 117 cm³/mol. The van der Waals surface area contributed by atoms with Crippen LogP contribution in [0.5, 0.6) is 0 Å². The second kappa shape index (κ2) is 9.03. The van der Waals surface area contributed by atoms with Gasteiger partial charge >= 0.3 is 0 Å². The molecule has 0 saturated carbocycles. The van der Waals surface area contributed by atoms with E-state index in [1.54, 1.807) is 17.2 Å². The fraction of sp³-hybridized carbons (Fsp3) is 0.429. The summed E-state index contributed by atoms with van der Waals surface area (Å²) < 4.78 is 28.6. The highest BCUT2D eigenvalue weighted by Crippen LogP contribution is 2.38. The number of hydrogen-bond donors (Lipinski definition) is 1. The first-order valence-electron chi connectivity index (χ1n) is 10.1. The number of amides is 1. The van der Waals surface area contributed by atoms with Crippen LogP contribution in [0, 0.1) is 5.92 Å². The van der Waals surface area contributed by atoms with Gasteiger partial charge in [0.05, 0.1) is 17.1 Å². The van der Waals surface area contributed by atoms with E-state index in [2.05, 4.69) is 4.98 Å². The van der Waals surface area contributed by atoms with Crippen molar-refractivity contribution in [1.29, 1.82) is 0 Å². The molecule has 10 heteroatoms. The molecule has 0 radical (unpaired) electrons. The summed E-state index contributed by atoms with van der Waals surface area (Å²) in [7, 11) is -4.07. The Balaban J connectivity index is 1.75. The summed E-state index contributed by atoms with van der Waals surface area (Å²) in [6.07, 6.45) is 3.34. The molecule has 1 aromatic heterocycles. The van der Waals surface area contributed by atoms with E-state index in [-0.39, 0.29) is 40.5 Å². The summed E-state index contributed by atoms with van der Waals surface area (Å²) in [6, 6.07) is 8.25. The lowest BCUT2D eigenvalue weighted by Crippen LogP contribution is -2.55. The lowest BCUT2D eigenvalue weighted by molar-refractivity contribution is -0.135. The zero-order valence-corrected chi connectivity index (χ0v) is 19.0. The topological polar surface area (TPSA) is 90.8 Å². The minimum Gasteiger partial charge on any atom is -0.396 e. The summed E-state index contributed by atoms with van der Waals surface area (Å²) in [5.74, 6) is -0.689. The van der Waals surface area contributed by atoms with E-state index in [4.69, 9.17) is 23.2 Å². The van der Waals surface area contributed by atoms with Gasteiger partial charge < -0.3 is 10.0 Å². The van der Waals surface area contributed by atoms with Crippen LogP contribution in [0.15, 0.2) is 47.5 Å². The smallest absolute Gasteiger partial charge is 0.244 e. The van der Waals surface area contributed by atoms with Crippen molar-refractivity contribution in [2.75, 3.05) is 13.2 Å². The lowest BCUT2D eigenvalue weighted by Gasteiger charge is -2.40. The largest absolute Gasteiger partial charge is 0.396 e. The van der Waals surface area contributed by atoms with Crippen LogP contribution >= 0.6 is 23.2 Å². The minimum atomic E-state index is -4.07. The number of fused-ring (bicyclic) bond motifs is 2. The summed E-state index contributed by atoms with van der Waals surface area (Å²) >= 11 is 12.1. The molecule has 2 saturated heterocycles. The first kappa shape index (κ1) is 22.5. The first-order valence-corrected chi connectivity index (χ1v) is 12.3. The molecule has 0 spiro atoms. The van der Waals surface area contributed by atoms with Crippen molar-refractivity contribution >= 4 is 39.1 Å². The standard InChI is InChI=1S/C21H23Cl2N3O4S/c22-15-8-16(23)10-18(9-15)31(29,30)26-19-5-3-6-20(26)21(28)25(11-14(19)13-27)12-17-4-1-2-7-24-17/h1-2,4,7-10,14,19-20,27H,3,5-6,11-13H2/t14-,19+,20-/m0/s1. The van der Waals surface area contributed by atoms with Gasteiger partial charge in [0.15, 0.2) is 0 Å². The molecule has 3 atom stereocenters. The highest BCUT2D eigenvalue weighted by molar-refractivity contribution is 7.89. The molecule has 2 bridgehead atoms. The Morgan fingerprint density at radius 2 is 1.87 bits per heavy atom. The summed E-state index contributed by atoms with van der Waals surface area (Å²) in [5, 5.41) is 10.5. The van der Waals surface area contributed by atoms with Crippen LogP contribution in [0.3, 0.4) is 0 Å². The molecule has 1 amide bonds. The molecule has 31 heavy (non-hydrogen) atoms. The van der Waals surface area contributed by atoms with Crippen LogP contribution in [0.25, 0.3) is 0 Å². The molecule has 0 aliphatic carbocycles. The van der Waals surface area contributed by atoms with Gasteiger partial charge in [0, 0.05) is 41.4 Å². The van der Waals surface area contributed by atoms with E-state index in [0.29, 0.717) is 25.0 Å². The molecule has 2 aromatic rings. The molecule has 2 aliphatic rings. The van der Waals surface area contributed by atoms with Gasteiger partial charge in [-0.1, -0.05) is 29.3 Å². The minimum absolute atomic E-state index is 0.0513. The van der Waals surface area contributed by atoms with Crippen LogP contribution in [0.4, 0.5) is 0 Å². The van der Waals surface area contributed by atoms with Crippen molar-refractivity contribution in [1.82, 2.24) is 14.2 Å². The van der Waals surface area contributed by atoms with Gasteiger partial charge in [-0.15, -0.1) is 0 Å². The first-order chi connectivity index (χ1) is 14.8. The monoisotopic (exact) mass is 483 g/mol. The number of hydrogen-bond acceptors (Lipinski definition) is 5. The van der Waals surface area contributed by atoms with E-state index in [1.807, 2.05) is 12.1 Å². The number of carbonyl (C=O) groups is 1. The van der Waals surface area contributed by atoms with Gasteiger partial charge in [0.1, 0.15) is 6.04 Å². The Morgan fingerprint density at radius 3 is 2.52 bits per heavy atom. The van der Waals surface area contributed by atoms with Crippen molar-refractivity contribution in [3.63, 3.8) is 0 Å². The highest BCUT2D eigenvalue weighted by Gasteiger charge is 2.50. The fourth-order valence-corrected chi connectivity index (χ4v) is 7.16. The Hall–Kier alpha value is -1.71. The normalized spacial score (nSPS) is 24.8. The molecule has 1 N–H and O–H groups in total. The molecule has 2 aliphatic heterocycles. The molecular formula is C21H23Cl2N3O4S. The third-order valence-electron chi connectivity index (χ3n) is 5.93. The average molecular weight is 484 g/mol. The molecule has 1 aromatic carbocycles. The number of benzene rings is 1. The number of piperidine rings is 1. The zero-order valence-electron chi connectivity index (χ0n) is 16.7. The van der Waals surface area contributed by atoms with E-state index in [0.717, 1.165) is 0 Å². The maximum atomic E-state index is 13.7. The average Bonchev–Trinajstić information content (AvgIpc) is 2.81. The Morgan fingerprint density at radius 1 is 1.13 bits per heavy atom. The number of carbonyl (C=O) groups excluding carboxylic acids is 1. The van der Waals surface area contributed by atoms with Crippen molar-refractivity contribution in [2.45, 2.75) is 42.8 Å². The second-order valence-electron chi connectivity index (χ2n) is 7.94. The van der Waals surface area contributed by atoms with Crippen molar-refractivity contribution in [3.05, 3.63) is 58.3 Å². The Bertz CT molecular complexity index is 1050. The zero-order chi connectivity index (χ0) is 22.2. The number of aliphatic hydroxyl groups excluding tert-OH is 1. The molecular weight excluding hydrogens is 461 g/mol. The van der Waals surface area contributed by atoms with Gasteiger partial charge in [-0.05, 0) is 49.6 Å². The third-order valence-corrected chi connectivity index (χ3v) is 8.28. The molecule has 3 heterocycles. The van der Waals surface area contributed by atoms with Crippen LogP contribution < -0.4 is 0 Å². The van der Waals surface area contributed by atoms with Crippen molar-refractivity contribution < 1.29 is 18.3 Å². The van der Waals surface area contributed by atoms with Gasteiger partial charge in [0.25, 0.3) is 0 Å². The van der Waals surface area contributed by atoms with Crippen LogP contribution in [0.1, 0.15) is 25.0 Å². The number of halogens is 2. The maximum absolute atomic E-state index is 13.7. The molecule has 7 nitrogen and oxygen atoms in total. The van der Waals surface area contributed by atoms with E-state index >= 15 is 0 Å². The summed E-state index contributed by atoms with van der Waals surface area (Å²) in [4.78, 5) is 19.4. The maximum Gasteiger partial charge on any atom is 0.244 e. The van der Waals surface area contributed by atoms with Crippen LogP contribution in [0.2, 0.25) is 10.0 Å². The Labute approximate surface area is 191 Å². The summed E-state index contributed by atoms with van der Waals surface area (Å²) in [5.41, 5.74) is 0.708. The van der Waals surface area contributed by atoms with Crippen LogP contribution in [-0.4, -0.2) is 58.9 Å². The quantitative estimate of drug-likeness (QED) is 0.705. The number of aliphatic hydroxyl groups is 1. The van der Waals surface area contributed by atoms with Crippen molar-refractivity contribution in [3.8, 4) is 0 Å². The van der Waals surface area contributed by atoms with E-state index in [1.165, 1.54) is 22.5 Å². The molecule has 2 fully saturated rings. The third kappa shape index (κ3) is 4.45. The number of sulfonamides is 1. The van der Waals surface area contributed by atoms with Gasteiger partial charge in [0.2, 0.25) is 15.9 Å². The number of nitrogens with zero attached hydrogens (tertiary/aromatic N) is 3. The molecule has 0 unspecified atom stereocenters. The second-order valence-corrected chi connectivity index (χ2v) is 10.7. The van der Waals surface area contributed by atoms with Crippen molar-refractivity contribution in [2.24, 2.45) is 5.92 Å². The number of pyridine rings is 1.